The van der Waals surface area contributed by atoms with Crippen LogP contribution in [0.25, 0.3) is 21.9 Å². The molecule has 0 unspecified atom stereocenters. The van der Waals surface area contributed by atoms with E-state index in [-0.39, 0.29) is 34.5 Å². The highest BCUT2D eigenvalue weighted by Gasteiger charge is 2.46. The molecule has 9 rings (SSSR count). The van der Waals surface area contributed by atoms with Crippen molar-refractivity contribution in [1.29, 1.82) is 0 Å². The number of aromatic hydroxyl groups is 1. The Balaban J connectivity index is 0.880. The first kappa shape index (κ1) is 42.3. The lowest BCUT2D eigenvalue weighted by Crippen LogP contribution is -2.53. The van der Waals surface area contributed by atoms with E-state index in [4.69, 9.17) is 9.16 Å². The Morgan fingerprint density at radius 2 is 1.80 bits per heavy atom. The van der Waals surface area contributed by atoms with Crippen LogP contribution < -0.4 is 10.9 Å². The molecule has 3 aromatic carbocycles. The van der Waals surface area contributed by atoms with Crippen LogP contribution in [-0.4, -0.2) is 76.6 Å². The number of hydrogen-bond donors (Lipinski definition) is 3. The van der Waals surface area contributed by atoms with Gasteiger partial charge in [0.15, 0.2) is 8.32 Å². The minimum Gasteiger partial charge on any atom is -0.506 e. The highest BCUT2D eigenvalue weighted by molar-refractivity contribution is 6.74. The van der Waals surface area contributed by atoms with E-state index < -0.39 is 13.7 Å². The monoisotopic (exact) mass is 832 g/mol. The van der Waals surface area contributed by atoms with Gasteiger partial charge in [-0.05, 0) is 129 Å². The summed E-state index contributed by atoms with van der Waals surface area (Å²) in [5, 5.41) is 24.0. The number of piperidine rings is 3. The number of aryl methyl sites for hydroxylation is 2. The average Bonchev–Trinajstić information content (AvgIpc) is 3.64. The molecule has 1 aliphatic carbocycles. The number of fused-ring (bicyclic) bond motifs is 5. The van der Waals surface area contributed by atoms with E-state index >= 15 is 0 Å². The number of hydrogen-bond acceptors (Lipinski definition) is 9. The summed E-state index contributed by atoms with van der Waals surface area (Å²) < 4.78 is 15.4. The number of nitrogens with zero attached hydrogens (tertiary/aromatic N) is 4. The molecule has 3 aliphatic heterocycles. The number of ether oxygens (including phenoxy) is 1. The third-order valence-electron chi connectivity index (χ3n) is 14.3. The number of pyridine rings is 1. The van der Waals surface area contributed by atoms with E-state index in [0.717, 1.165) is 117 Å². The highest BCUT2D eigenvalue weighted by Crippen LogP contribution is 2.43. The lowest BCUT2D eigenvalue weighted by molar-refractivity contribution is -0.167. The van der Waals surface area contributed by atoms with Crippen LogP contribution in [0, 0.1) is 5.92 Å². The summed E-state index contributed by atoms with van der Waals surface area (Å²) in [4.78, 5) is 31.5. The Labute approximate surface area is 355 Å². The van der Waals surface area contributed by atoms with Gasteiger partial charge in [-0.15, -0.1) is 5.10 Å². The first-order valence-corrected chi connectivity index (χ1v) is 25.3. The molecular formula is C48H64N6O5Si. The van der Waals surface area contributed by atoms with Crippen molar-refractivity contribution < 1.29 is 19.1 Å². The number of H-pyrrole nitrogens is 1. The van der Waals surface area contributed by atoms with Crippen LogP contribution >= 0.6 is 0 Å². The third-order valence-corrected chi connectivity index (χ3v) is 18.7. The molecule has 4 aliphatic rings. The zero-order valence-electron chi connectivity index (χ0n) is 36.3. The Morgan fingerprint density at radius 1 is 1.00 bits per heavy atom. The van der Waals surface area contributed by atoms with Gasteiger partial charge in [-0.2, -0.15) is 0 Å². The summed E-state index contributed by atoms with van der Waals surface area (Å²) in [6, 6.07) is 22.0. The van der Waals surface area contributed by atoms with Crippen LogP contribution in [0.3, 0.4) is 0 Å². The molecule has 60 heavy (non-hydrogen) atoms. The second-order valence-electron chi connectivity index (χ2n) is 19.3. The Bertz CT molecular complexity index is 2350. The number of aromatic amines is 1. The number of nitrogens with one attached hydrogen (secondary N) is 2. The van der Waals surface area contributed by atoms with Crippen molar-refractivity contribution in [2.75, 3.05) is 26.2 Å². The smallest absolute Gasteiger partial charge is 0.316 e. The van der Waals surface area contributed by atoms with E-state index in [2.05, 4.69) is 102 Å². The van der Waals surface area contributed by atoms with E-state index in [1.807, 2.05) is 10.7 Å². The molecule has 3 N–H and O–H groups in total. The van der Waals surface area contributed by atoms with Gasteiger partial charge in [0.25, 0.3) is 0 Å². The lowest BCUT2D eigenvalue weighted by Gasteiger charge is -2.45. The van der Waals surface area contributed by atoms with Gasteiger partial charge in [0.1, 0.15) is 17.4 Å². The average molecular weight is 833 g/mol. The molecule has 12 heteroatoms. The number of unbranched alkanes of at least 4 members (excludes halogenated alkanes) is 1. The van der Waals surface area contributed by atoms with Gasteiger partial charge in [0.05, 0.1) is 22.6 Å². The van der Waals surface area contributed by atoms with E-state index in [9.17, 15) is 14.7 Å². The van der Waals surface area contributed by atoms with Crippen molar-refractivity contribution in [3.63, 3.8) is 0 Å². The molecule has 5 aromatic rings. The zero-order valence-corrected chi connectivity index (χ0v) is 37.3. The SMILES string of the molecule is CC(C)(C)[Si](C)(C)O[C@H](CNCc1ccc2c(c1)nnn2CCCCc1cccc(C2(C(=O)O[C@H]3CN4CCC3CC4)CCCCC2)c1)c1ccc(O)c2[nH]c(=O)ccc12. The molecule has 0 radical (unpaired) electrons. The molecule has 11 nitrogen and oxygen atoms in total. The number of rotatable bonds is 15. The van der Waals surface area contributed by atoms with E-state index in [1.165, 1.54) is 18.1 Å². The summed E-state index contributed by atoms with van der Waals surface area (Å²) in [6.07, 6.45) is 10.0. The summed E-state index contributed by atoms with van der Waals surface area (Å²) in [6.45, 7) is 16.3. The van der Waals surface area contributed by atoms with Crippen LogP contribution in [0.5, 0.6) is 5.75 Å². The number of carbonyl (C=O) groups is 1. The van der Waals surface area contributed by atoms with Gasteiger partial charge in [-0.25, -0.2) is 4.68 Å². The fraction of sp³-hybridized carbons (Fsp3) is 0.542. The maximum atomic E-state index is 14.1. The summed E-state index contributed by atoms with van der Waals surface area (Å²) in [5.41, 5.74) is 5.97. The maximum absolute atomic E-state index is 14.1. The number of carbonyl (C=O) groups excluding carboxylic acids is 1. The topological polar surface area (TPSA) is 135 Å². The number of phenols is 1. The quantitative estimate of drug-likeness (QED) is 0.0538. The van der Waals surface area contributed by atoms with Gasteiger partial charge in [-0.3, -0.25) is 14.5 Å². The van der Waals surface area contributed by atoms with Crippen LogP contribution in [0.15, 0.2) is 71.5 Å². The second kappa shape index (κ2) is 17.6. The van der Waals surface area contributed by atoms with Crippen molar-refractivity contribution in [1.82, 2.24) is 30.2 Å². The fourth-order valence-corrected chi connectivity index (χ4v) is 10.9. The molecule has 320 valence electrons. The minimum absolute atomic E-state index is 0.00412. The minimum atomic E-state index is -2.20. The van der Waals surface area contributed by atoms with Gasteiger partial charge < -0.3 is 24.6 Å². The maximum Gasteiger partial charge on any atom is 0.316 e. The summed E-state index contributed by atoms with van der Waals surface area (Å²) in [5.74, 6) is 0.566. The zero-order chi connectivity index (χ0) is 42.1. The molecule has 2 bridgehead atoms. The van der Waals surface area contributed by atoms with Gasteiger partial charge in [-0.1, -0.05) is 81.6 Å². The third kappa shape index (κ3) is 8.98. The van der Waals surface area contributed by atoms with E-state index in [0.29, 0.717) is 24.5 Å². The number of aromatic nitrogens is 4. The van der Waals surface area contributed by atoms with Crippen LogP contribution in [0.4, 0.5) is 0 Å². The molecular weight excluding hydrogens is 769 g/mol. The summed E-state index contributed by atoms with van der Waals surface area (Å²) in [7, 11) is -2.20. The van der Waals surface area contributed by atoms with Crippen molar-refractivity contribution in [3.05, 3.63) is 99.3 Å². The Kier molecular flexibility index (Phi) is 12.4. The number of benzene rings is 3. The Hall–Kier alpha value is -4.36. The molecule has 0 amide bonds. The number of phenolic OH excluding ortho intramolecular Hbond substituents is 1. The van der Waals surface area contributed by atoms with Crippen molar-refractivity contribution in [3.8, 4) is 5.75 Å². The number of esters is 1. The first-order chi connectivity index (χ1) is 28.8. The van der Waals surface area contributed by atoms with Crippen molar-refractivity contribution in [2.24, 2.45) is 5.92 Å². The molecule has 0 spiro atoms. The van der Waals surface area contributed by atoms with Gasteiger partial charge in [0, 0.05) is 37.6 Å². The molecule has 1 saturated carbocycles. The Morgan fingerprint density at radius 3 is 2.55 bits per heavy atom. The molecule has 2 aromatic heterocycles. The van der Waals surface area contributed by atoms with Crippen molar-refractivity contribution in [2.45, 2.75) is 134 Å². The lowest BCUT2D eigenvalue weighted by atomic mass is 9.69. The molecule has 4 fully saturated rings. The normalized spacial score (nSPS) is 21.1. The van der Waals surface area contributed by atoms with Crippen LogP contribution in [0.1, 0.15) is 107 Å². The molecule has 3 saturated heterocycles. The van der Waals surface area contributed by atoms with E-state index in [1.54, 1.807) is 12.1 Å². The molecule has 5 heterocycles. The standard InChI is InChI=1S/C48H64N6O5Si/c1-47(2,3)60(4,5)59-42(37-16-19-41(55)45-38(37)17-20-44(56)50-45)31-49-30-34-15-18-40-39(29-34)51-52-54(40)25-10-7-12-33-13-11-14-36(28-33)48(23-8-6-9-24-48)46(57)58-43-32-53-26-21-35(43)22-27-53/h11,13-20,28-29,35,42-43,49,55H,6-10,12,21-27,30-32H2,1-5H3,(H,50,56)/t42-,43+/m1/s1. The van der Waals surface area contributed by atoms with Crippen LogP contribution in [0.2, 0.25) is 18.1 Å². The highest BCUT2D eigenvalue weighted by atomic mass is 28.4. The fourth-order valence-electron chi connectivity index (χ4n) is 9.60. The summed E-state index contributed by atoms with van der Waals surface area (Å²) >= 11 is 0. The largest absolute Gasteiger partial charge is 0.506 e. The second-order valence-corrected chi connectivity index (χ2v) is 24.1. The predicted molar refractivity (Wildman–Crippen MR) is 240 cm³/mol. The first-order valence-electron chi connectivity index (χ1n) is 22.4. The molecule has 2 atom stereocenters. The van der Waals surface area contributed by atoms with Crippen LogP contribution in [-0.2, 0) is 38.9 Å². The van der Waals surface area contributed by atoms with Gasteiger partial charge in [0.2, 0.25) is 5.56 Å². The van der Waals surface area contributed by atoms with Crippen molar-refractivity contribution >= 4 is 36.2 Å². The van der Waals surface area contributed by atoms with Gasteiger partial charge >= 0.3 is 5.97 Å². The predicted octanol–water partition coefficient (Wildman–Crippen LogP) is 8.69.